The molecule has 0 saturated carbocycles. The molecule has 7 heteroatoms. The maximum Gasteiger partial charge on any atom is 0.326 e. The molecule has 0 aromatic heterocycles. The minimum Gasteiger partial charge on any atom is -0.493 e. The number of carbonyl (C=O) groups is 1. The first-order chi connectivity index (χ1) is 10.6. The summed E-state index contributed by atoms with van der Waals surface area (Å²) < 4.78 is 5.45. The van der Waals surface area contributed by atoms with Crippen LogP contribution in [0.15, 0.2) is 16.4 Å². The highest BCUT2D eigenvalue weighted by Gasteiger charge is 2.29. The van der Waals surface area contributed by atoms with Crippen molar-refractivity contribution in [3.8, 4) is 0 Å². The Hall–Kier alpha value is -1.21. The Morgan fingerprint density at radius 3 is 2.77 bits per heavy atom. The zero-order valence-electron chi connectivity index (χ0n) is 13.5. The molecule has 0 radical (unpaired) electrons. The van der Waals surface area contributed by atoms with Crippen molar-refractivity contribution in [1.29, 1.82) is 0 Å². The molecule has 22 heavy (non-hydrogen) atoms. The van der Waals surface area contributed by atoms with Crippen LogP contribution in [0.5, 0.6) is 0 Å². The largest absolute Gasteiger partial charge is 0.493 e. The molecule has 3 N–H and O–H groups in total. The fourth-order valence-corrected chi connectivity index (χ4v) is 2.99. The number of methoxy groups -OCH3 is 1. The fraction of sp³-hybridized carbons (Fsp3) is 0.733. The molecule has 2 atom stereocenters. The van der Waals surface area contributed by atoms with E-state index in [1.807, 2.05) is 13.2 Å². The van der Waals surface area contributed by atoms with E-state index in [-0.39, 0.29) is 12.5 Å². The molecule has 0 aromatic carbocycles. The molecule has 1 rings (SSSR count). The summed E-state index contributed by atoms with van der Waals surface area (Å²) in [5, 5.41) is 21.9. The smallest absolute Gasteiger partial charge is 0.326 e. The number of nitrogens with zero attached hydrogens (tertiary/aromatic N) is 1. The van der Waals surface area contributed by atoms with Crippen molar-refractivity contribution >= 4 is 23.4 Å². The normalized spacial score (nSPS) is 21.8. The van der Waals surface area contributed by atoms with E-state index < -0.39 is 12.0 Å². The van der Waals surface area contributed by atoms with Crippen molar-refractivity contribution in [3.63, 3.8) is 0 Å². The van der Waals surface area contributed by atoms with Crippen molar-refractivity contribution in [1.82, 2.24) is 5.32 Å². The standard InChI is InChI=1S/C15H26N2O4S/c1-4-16-12-7-10(9-18)8-13(14(12)21-2)17-11(15(19)20)5-6-22-3/h10-11,17-18H,4-9H2,1-3H3,(H,19,20). The number of rotatable bonds is 9. The van der Waals surface area contributed by atoms with Crippen LogP contribution in [-0.4, -0.2) is 60.2 Å². The average Bonchev–Trinajstić information content (AvgIpc) is 2.51. The summed E-state index contributed by atoms with van der Waals surface area (Å²) >= 11 is 1.62. The second-order valence-corrected chi connectivity index (χ2v) is 6.19. The molecular weight excluding hydrogens is 304 g/mol. The molecule has 0 fully saturated rings. The van der Waals surface area contributed by atoms with Crippen LogP contribution in [0.1, 0.15) is 26.2 Å². The number of nitrogens with one attached hydrogen (secondary N) is 1. The molecule has 0 aliphatic heterocycles. The van der Waals surface area contributed by atoms with Gasteiger partial charge in [0.05, 0.1) is 18.5 Å². The molecule has 0 spiro atoms. The Bertz CT molecular complexity index is 437. The topological polar surface area (TPSA) is 91.2 Å². The van der Waals surface area contributed by atoms with Gasteiger partial charge in [-0.15, -0.1) is 0 Å². The van der Waals surface area contributed by atoms with Gasteiger partial charge in [0.15, 0.2) is 5.76 Å². The summed E-state index contributed by atoms with van der Waals surface area (Å²) in [5.74, 6) is 0.555. The monoisotopic (exact) mass is 330 g/mol. The van der Waals surface area contributed by atoms with Gasteiger partial charge in [-0.2, -0.15) is 11.8 Å². The highest BCUT2D eigenvalue weighted by atomic mass is 32.2. The van der Waals surface area contributed by atoms with Crippen LogP contribution in [-0.2, 0) is 9.53 Å². The van der Waals surface area contributed by atoms with E-state index in [0.29, 0.717) is 31.6 Å². The number of aliphatic hydroxyl groups excluding tert-OH is 1. The van der Waals surface area contributed by atoms with Crippen molar-refractivity contribution < 1.29 is 19.7 Å². The molecule has 1 aliphatic rings. The summed E-state index contributed by atoms with van der Waals surface area (Å²) in [6.07, 6.45) is 3.71. The van der Waals surface area contributed by atoms with E-state index in [1.54, 1.807) is 18.9 Å². The Morgan fingerprint density at radius 2 is 2.27 bits per heavy atom. The van der Waals surface area contributed by atoms with Crippen LogP contribution in [0, 0.1) is 5.92 Å². The predicted molar refractivity (Wildman–Crippen MR) is 89.4 cm³/mol. The van der Waals surface area contributed by atoms with Crippen LogP contribution < -0.4 is 5.32 Å². The summed E-state index contributed by atoms with van der Waals surface area (Å²) in [4.78, 5) is 15.8. The van der Waals surface area contributed by atoms with Gasteiger partial charge < -0.3 is 20.3 Å². The van der Waals surface area contributed by atoms with Gasteiger partial charge in [-0.05, 0) is 44.1 Å². The van der Waals surface area contributed by atoms with E-state index in [9.17, 15) is 15.0 Å². The van der Waals surface area contributed by atoms with Crippen molar-refractivity contribution in [3.05, 3.63) is 11.5 Å². The van der Waals surface area contributed by atoms with Crippen molar-refractivity contribution in [2.24, 2.45) is 10.9 Å². The van der Waals surface area contributed by atoms with E-state index in [4.69, 9.17) is 4.74 Å². The molecule has 0 heterocycles. The van der Waals surface area contributed by atoms with Crippen molar-refractivity contribution in [2.75, 3.05) is 32.3 Å². The molecule has 0 saturated heterocycles. The molecular formula is C15H26N2O4S. The first-order valence-electron chi connectivity index (χ1n) is 7.47. The van der Waals surface area contributed by atoms with E-state index in [0.717, 1.165) is 17.2 Å². The van der Waals surface area contributed by atoms with Gasteiger partial charge >= 0.3 is 5.97 Å². The molecule has 0 amide bonds. The predicted octanol–water partition coefficient (Wildman–Crippen LogP) is 1.50. The lowest BCUT2D eigenvalue weighted by Crippen LogP contribution is -2.40. The number of carboxylic acids is 1. The van der Waals surface area contributed by atoms with E-state index >= 15 is 0 Å². The third-order valence-corrected chi connectivity index (χ3v) is 4.22. The van der Waals surface area contributed by atoms with Crippen LogP contribution >= 0.6 is 11.8 Å². The van der Waals surface area contributed by atoms with Crippen LogP contribution in [0.4, 0.5) is 0 Å². The highest BCUT2D eigenvalue weighted by Crippen LogP contribution is 2.27. The zero-order chi connectivity index (χ0) is 16.5. The molecule has 6 nitrogen and oxygen atoms in total. The molecule has 0 aromatic rings. The van der Waals surface area contributed by atoms with E-state index in [2.05, 4.69) is 10.3 Å². The average molecular weight is 330 g/mol. The number of aliphatic imine (C=N–C) groups is 1. The third-order valence-electron chi connectivity index (χ3n) is 3.58. The Balaban J connectivity index is 3.02. The number of allylic oxidation sites excluding steroid dienone is 2. The first-order valence-corrected chi connectivity index (χ1v) is 8.86. The lowest BCUT2D eigenvalue weighted by molar-refractivity contribution is -0.139. The number of aliphatic hydroxyl groups is 1. The molecule has 1 aliphatic carbocycles. The maximum absolute atomic E-state index is 11.4. The highest BCUT2D eigenvalue weighted by molar-refractivity contribution is 7.98. The summed E-state index contributed by atoms with van der Waals surface area (Å²) in [6, 6.07) is -0.659. The van der Waals surface area contributed by atoms with Crippen molar-refractivity contribution in [2.45, 2.75) is 32.2 Å². The summed E-state index contributed by atoms with van der Waals surface area (Å²) in [5.41, 5.74) is 1.53. The first kappa shape index (κ1) is 18.8. The second kappa shape index (κ2) is 9.74. The third kappa shape index (κ3) is 5.21. The molecule has 0 bridgehead atoms. The number of hydrogen-bond donors (Lipinski definition) is 3. The summed E-state index contributed by atoms with van der Waals surface area (Å²) in [7, 11) is 1.57. The van der Waals surface area contributed by atoms with Gasteiger partial charge in [0.1, 0.15) is 6.04 Å². The number of thioether (sulfide) groups is 1. The Labute approximate surface area is 136 Å². The van der Waals surface area contributed by atoms with Crippen LogP contribution in [0.2, 0.25) is 0 Å². The van der Waals surface area contributed by atoms with Crippen LogP contribution in [0.3, 0.4) is 0 Å². The van der Waals surface area contributed by atoms with Gasteiger partial charge in [0, 0.05) is 13.2 Å². The fourth-order valence-electron chi connectivity index (χ4n) is 2.52. The Kier molecular flexibility index (Phi) is 8.34. The van der Waals surface area contributed by atoms with Gasteiger partial charge in [-0.3, -0.25) is 4.99 Å². The van der Waals surface area contributed by atoms with Gasteiger partial charge in [0.25, 0.3) is 0 Å². The Morgan fingerprint density at radius 1 is 1.55 bits per heavy atom. The number of hydrogen-bond acceptors (Lipinski definition) is 6. The van der Waals surface area contributed by atoms with Gasteiger partial charge in [-0.25, -0.2) is 4.79 Å². The lowest BCUT2D eigenvalue weighted by atomic mass is 9.89. The zero-order valence-corrected chi connectivity index (χ0v) is 14.3. The minimum absolute atomic E-state index is 0.0432. The van der Waals surface area contributed by atoms with E-state index in [1.165, 1.54) is 0 Å². The van der Waals surface area contributed by atoms with Crippen LogP contribution in [0.25, 0.3) is 0 Å². The minimum atomic E-state index is -0.878. The van der Waals surface area contributed by atoms with Gasteiger partial charge in [0.2, 0.25) is 0 Å². The number of ether oxygens (including phenoxy) is 1. The number of carboxylic acid groups (broad SMARTS) is 1. The summed E-state index contributed by atoms with van der Waals surface area (Å²) in [6.45, 7) is 2.62. The number of aliphatic carboxylic acids is 1. The van der Waals surface area contributed by atoms with Gasteiger partial charge in [-0.1, -0.05) is 0 Å². The maximum atomic E-state index is 11.4. The molecule has 126 valence electrons. The lowest BCUT2D eigenvalue weighted by Gasteiger charge is -2.29. The second-order valence-electron chi connectivity index (χ2n) is 5.21. The molecule has 2 unspecified atom stereocenters. The SMILES string of the molecule is CCN=C1CC(CO)CC(NC(CCSC)C(=O)O)=C1OC. The quantitative estimate of drug-likeness (QED) is 0.593.